The third-order valence-corrected chi connectivity index (χ3v) is 7.79. The average molecular weight is 462 g/mol. The molecule has 0 spiro atoms. The Hall–Kier alpha value is -2.90. The molecule has 0 radical (unpaired) electrons. The van der Waals surface area contributed by atoms with Gasteiger partial charge in [-0.15, -0.1) is 11.3 Å². The first-order valence-corrected chi connectivity index (χ1v) is 12.5. The fourth-order valence-electron chi connectivity index (χ4n) is 4.02. The molecule has 0 bridgehead atoms. The number of amides is 1. The van der Waals surface area contributed by atoms with Crippen LogP contribution in [0.15, 0.2) is 64.5 Å². The fourth-order valence-corrected chi connectivity index (χ4v) is 6.17. The maximum atomic E-state index is 13.6. The summed E-state index contributed by atoms with van der Waals surface area (Å²) in [5.74, 6) is 0.110. The lowest BCUT2D eigenvalue weighted by Gasteiger charge is -2.13. The second-order valence-electron chi connectivity index (χ2n) is 7.96. The lowest BCUT2D eigenvalue weighted by atomic mass is 10.2. The summed E-state index contributed by atoms with van der Waals surface area (Å²) >= 11 is 2.93. The van der Waals surface area contributed by atoms with Crippen molar-refractivity contribution in [3.8, 4) is 5.69 Å². The van der Waals surface area contributed by atoms with Crippen molar-refractivity contribution in [3.63, 3.8) is 0 Å². The van der Waals surface area contributed by atoms with Crippen molar-refractivity contribution >= 4 is 39.2 Å². The molecule has 0 saturated heterocycles. The zero-order valence-electron chi connectivity index (χ0n) is 17.8. The average Bonchev–Trinajstić information content (AvgIpc) is 3.39. The topological polar surface area (TPSA) is 64.0 Å². The van der Waals surface area contributed by atoms with E-state index in [1.165, 1.54) is 22.2 Å². The number of thiophene rings is 1. The van der Waals surface area contributed by atoms with Crippen molar-refractivity contribution < 1.29 is 4.79 Å². The maximum absolute atomic E-state index is 13.6. The molecule has 1 amide bonds. The van der Waals surface area contributed by atoms with E-state index in [0.717, 1.165) is 46.3 Å². The molecule has 5 rings (SSSR count). The SMILES string of the molecule is Cc1ccc(-n2c(SCC(=O)NCc3ccccc3)nc3sc4c(c3c2=O)CCC4)cc1. The van der Waals surface area contributed by atoms with Crippen molar-refractivity contribution in [1.29, 1.82) is 0 Å². The molecule has 162 valence electrons. The van der Waals surface area contributed by atoms with Crippen molar-refractivity contribution in [3.05, 3.63) is 86.5 Å². The van der Waals surface area contributed by atoms with E-state index < -0.39 is 0 Å². The molecule has 5 nitrogen and oxygen atoms in total. The third-order valence-electron chi connectivity index (χ3n) is 5.67. The van der Waals surface area contributed by atoms with Gasteiger partial charge in [0.05, 0.1) is 16.8 Å². The molecular formula is C25H23N3O2S2. The van der Waals surface area contributed by atoms with Crippen LogP contribution in [0.25, 0.3) is 15.9 Å². The van der Waals surface area contributed by atoms with Crippen LogP contribution in [0.4, 0.5) is 0 Å². The van der Waals surface area contributed by atoms with Crippen molar-refractivity contribution in [1.82, 2.24) is 14.9 Å². The smallest absolute Gasteiger partial charge is 0.267 e. The summed E-state index contributed by atoms with van der Waals surface area (Å²) in [7, 11) is 0. The monoisotopic (exact) mass is 461 g/mol. The van der Waals surface area contributed by atoms with Gasteiger partial charge in [0.15, 0.2) is 5.16 Å². The Labute approximate surface area is 194 Å². The lowest BCUT2D eigenvalue weighted by molar-refractivity contribution is -0.118. The molecular weight excluding hydrogens is 438 g/mol. The van der Waals surface area contributed by atoms with Crippen molar-refractivity contribution in [2.45, 2.75) is 37.9 Å². The van der Waals surface area contributed by atoms with E-state index in [4.69, 9.17) is 4.98 Å². The number of carbonyl (C=O) groups excluding carboxylic acids is 1. The predicted molar refractivity (Wildman–Crippen MR) is 131 cm³/mol. The van der Waals surface area contributed by atoms with E-state index in [-0.39, 0.29) is 17.2 Å². The highest BCUT2D eigenvalue weighted by molar-refractivity contribution is 7.99. The van der Waals surface area contributed by atoms with Crippen LogP contribution in [0.2, 0.25) is 0 Å². The fraction of sp³-hybridized carbons (Fsp3) is 0.240. The van der Waals surface area contributed by atoms with Gasteiger partial charge in [-0.3, -0.25) is 14.2 Å². The number of benzene rings is 2. The summed E-state index contributed by atoms with van der Waals surface area (Å²) in [5.41, 5.74) is 4.09. The van der Waals surface area contributed by atoms with Gasteiger partial charge in [-0.05, 0) is 49.4 Å². The summed E-state index contributed by atoms with van der Waals surface area (Å²) in [6.07, 6.45) is 3.05. The number of rotatable bonds is 6. The number of nitrogens with zero attached hydrogens (tertiary/aromatic N) is 2. The highest BCUT2D eigenvalue weighted by atomic mass is 32.2. The first-order valence-electron chi connectivity index (χ1n) is 10.7. The molecule has 1 N–H and O–H groups in total. The summed E-state index contributed by atoms with van der Waals surface area (Å²) in [6.45, 7) is 2.50. The second kappa shape index (κ2) is 8.92. The number of hydrogen-bond acceptors (Lipinski definition) is 5. The Bertz CT molecular complexity index is 1340. The predicted octanol–water partition coefficient (Wildman–Crippen LogP) is 4.65. The number of aromatic nitrogens is 2. The van der Waals surface area contributed by atoms with E-state index in [9.17, 15) is 9.59 Å². The number of nitrogens with one attached hydrogen (secondary N) is 1. The molecule has 0 atom stereocenters. The molecule has 4 aromatic rings. The van der Waals surface area contributed by atoms with Gasteiger partial charge in [-0.2, -0.15) is 0 Å². The summed E-state index contributed by atoms with van der Waals surface area (Å²) in [4.78, 5) is 33.0. The van der Waals surface area contributed by atoms with E-state index in [1.54, 1.807) is 15.9 Å². The molecule has 2 aromatic heterocycles. The zero-order chi connectivity index (χ0) is 22.1. The first kappa shape index (κ1) is 21.0. The van der Waals surface area contributed by atoms with Crippen LogP contribution >= 0.6 is 23.1 Å². The number of hydrogen-bond donors (Lipinski definition) is 1. The van der Waals surface area contributed by atoms with Crippen LogP contribution < -0.4 is 10.9 Å². The highest BCUT2D eigenvalue weighted by Crippen LogP contribution is 2.36. The number of aryl methyl sites for hydroxylation is 3. The molecule has 2 heterocycles. The van der Waals surface area contributed by atoms with Gasteiger partial charge in [0.25, 0.3) is 5.56 Å². The van der Waals surface area contributed by atoms with Gasteiger partial charge in [0, 0.05) is 11.4 Å². The van der Waals surface area contributed by atoms with Gasteiger partial charge >= 0.3 is 0 Å². The highest BCUT2D eigenvalue weighted by Gasteiger charge is 2.24. The Kier molecular flexibility index (Phi) is 5.85. The number of carbonyl (C=O) groups is 1. The van der Waals surface area contributed by atoms with Gasteiger partial charge in [-0.1, -0.05) is 59.8 Å². The summed E-state index contributed by atoms with van der Waals surface area (Å²) in [5, 5.41) is 4.25. The Morgan fingerprint density at radius 1 is 1.12 bits per heavy atom. The van der Waals surface area contributed by atoms with Crippen LogP contribution in [-0.2, 0) is 24.2 Å². The van der Waals surface area contributed by atoms with E-state index in [0.29, 0.717) is 11.7 Å². The van der Waals surface area contributed by atoms with Gasteiger partial charge in [-0.25, -0.2) is 4.98 Å². The maximum Gasteiger partial charge on any atom is 0.267 e. The molecule has 1 aliphatic rings. The van der Waals surface area contributed by atoms with Gasteiger partial charge < -0.3 is 5.32 Å². The molecule has 1 aliphatic carbocycles. The van der Waals surface area contributed by atoms with Crippen LogP contribution in [0.5, 0.6) is 0 Å². The number of fused-ring (bicyclic) bond motifs is 3. The normalized spacial score (nSPS) is 12.8. The third kappa shape index (κ3) is 4.10. The second-order valence-corrected chi connectivity index (χ2v) is 9.99. The minimum Gasteiger partial charge on any atom is -0.351 e. The Morgan fingerprint density at radius 3 is 2.69 bits per heavy atom. The minimum absolute atomic E-state index is 0.0366. The first-order chi connectivity index (χ1) is 15.6. The molecule has 0 unspecified atom stereocenters. The van der Waals surface area contributed by atoms with Gasteiger partial charge in [0.2, 0.25) is 5.91 Å². The van der Waals surface area contributed by atoms with Crippen LogP contribution in [0, 0.1) is 6.92 Å². The molecule has 32 heavy (non-hydrogen) atoms. The minimum atomic E-state index is -0.0858. The van der Waals surface area contributed by atoms with Gasteiger partial charge in [0.1, 0.15) is 4.83 Å². The molecule has 2 aromatic carbocycles. The largest absolute Gasteiger partial charge is 0.351 e. The van der Waals surface area contributed by atoms with E-state index in [2.05, 4.69) is 5.32 Å². The molecule has 0 aliphatic heterocycles. The summed E-state index contributed by atoms with van der Waals surface area (Å²) in [6, 6.07) is 17.7. The van der Waals surface area contributed by atoms with Crippen molar-refractivity contribution in [2.24, 2.45) is 0 Å². The number of thioether (sulfide) groups is 1. The summed E-state index contributed by atoms with van der Waals surface area (Å²) < 4.78 is 1.67. The molecule has 0 saturated carbocycles. The van der Waals surface area contributed by atoms with Crippen LogP contribution in [-0.4, -0.2) is 21.2 Å². The molecule has 7 heteroatoms. The van der Waals surface area contributed by atoms with E-state index >= 15 is 0 Å². The van der Waals surface area contributed by atoms with Crippen LogP contribution in [0.3, 0.4) is 0 Å². The molecule has 0 fully saturated rings. The lowest BCUT2D eigenvalue weighted by Crippen LogP contribution is -2.26. The Morgan fingerprint density at radius 2 is 1.91 bits per heavy atom. The zero-order valence-corrected chi connectivity index (χ0v) is 19.4. The van der Waals surface area contributed by atoms with Crippen molar-refractivity contribution in [2.75, 3.05) is 5.75 Å². The quantitative estimate of drug-likeness (QED) is 0.335. The Balaban J connectivity index is 1.46. The standard InChI is InChI=1S/C25H23N3O2S2/c1-16-10-12-18(13-11-16)28-24(30)22-19-8-5-9-20(19)32-23(22)27-25(28)31-15-21(29)26-14-17-6-3-2-4-7-17/h2-4,6-7,10-13H,5,8-9,14-15H2,1H3,(H,26,29). The van der Waals surface area contributed by atoms with Crippen LogP contribution in [0.1, 0.15) is 28.0 Å². The van der Waals surface area contributed by atoms with E-state index in [1.807, 2.05) is 61.5 Å².